The molecule has 0 spiro atoms. The van der Waals surface area contributed by atoms with Crippen molar-refractivity contribution in [2.75, 3.05) is 24.5 Å². The van der Waals surface area contributed by atoms with Crippen molar-refractivity contribution < 1.29 is 0 Å². The third kappa shape index (κ3) is 2.37. The Morgan fingerprint density at radius 1 is 1.19 bits per heavy atom. The van der Waals surface area contributed by atoms with Gasteiger partial charge in [0, 0.05) is 37.9 Å². The first-order valence-corrected chi connectivity index (χ1v) is 8.92. The van der Waals surface area contributed by atoms with Crippen molar-refractivity contribution in [3.8, 4) is 0 Å². The molecule has 1 aromatic rings. The highest BCUT2D eigenvalue weighted by Crippen LogP contribution is 2.36. The lowest BCUT2D eigenvalue weighted by molar-refractivity contribution is 0.352. The van der Waals surface area contributed by atoms with E-state index in [1.807, 2.05) is 0 Å². The minimum absolute atomic E-state index is 0.680. The van der Waals surface area contributed by atoms with E-state index in [-0.39, 0.29) is 0 Å². The number of aryl methyl sites for hydroxylation is 1. The number of aromatic nitrogens is 2. The van der Waals surface area contributed by atoms with Crippen LogP contribution >= 0.6 is 0 Å². The van der Waals surface area contributed by atoms with Crippen molar-refractivity contribution in [2.45, 2.75) is 64.0 Å². The van der Waals surface area contributed by atoms with Gasteiger partial charge < -0.3 is 14.8 Å². The summed E-state index contributed by atoms with van der Waals surface area (Å²) in [4.78, 5) is 7.62. The van der Waals surface area contributed by atoms with Crippen LogP contribution in [0.5, 0.6) is 0 Å². The van der Waals surface area contributed by atoms with E-state index in [0.29, 0.717) is 12.1 Å². The van der Waals surface area contributed by atoms with Crippen LogP contribution in [0.4, 0.5) is 5.95 Å². The van der Waals surface area contributed by atoms with Crippen LogP contribution in [-0.2, 0) is 6.42 Å². The molecule has 0 amide bonds. The molecule has 21 heavy (non-hydrogen) atoms. The summed E-state index contributed by atoms with van der Waals surface area (Å²) in [6.45, 7) is 5.76. The van der Waals surface area contributed by atoms with Crippen molar-refractivity contribution in [1.29, 1.82) is 0 Å². The minimum atomic E-state index is 0.680. The Hall–Kier alpha value is -1.03. The number of nitrogens with one attached hydrogen (secondary N) is 1. The molecule has 4 nitrogen and oxygen atoms in total. The predicted molar refractivity (Wildman–Crippen MR) is 85.8 cm³/mol. The van der Waals surface area contributed by atoms with E-state index >= 15 is 0 Å². The lowest BCUT2D eigenvalue weighted by Crippen LogP contribution is -2.36. The Balaban J connectivity index is 1.65. The second-order valence-electron chi connectivity index (χ2n) is 7.05. The number of nitrogens with zero attached hydrogens (tertiary/aromatic N) is 3. The smallest absolute Gasteiger partial charge is 0.206 e. The van der Waals surface area contributed by atoms with E-state index in [1.54, 1.807) is 0 Å². The molecule has 2 atom stereocenters. The van der Waals surface area contributed by atoms with Crippen LogP contribution in [0.15, 0.2) is 6.20 Å². The van der Waals surface area contributed by atoms with Crippen molar-refractivity contribution in [3.05, 3.63) is 11.9 Å². The summed E-state index contributed by atoms with van der Waals surface area (Å²) in [5.41, 5.74) is 1.27. The van der Waals surface area contributed by atoms with Gasteiger partial charge in [-0.3, -0.25) is 0 Å². The predicted octanol–water partition coefficient (Wildman–Crippen LogP) is 2.75. The Bertz CT molecular complexity index is 489. The van der Waals surface area contributed by atoms with Gasteiger partial charge in [-0.1, -0.05) is 26.2 Å². The molecule has 0 unspecified atom stereocenters. The highest BCUT2D eigenvalue weighted by molar-refractivity contribution is 5.39. The van der Waals surface area contributed by atoms with E-state index < -0.39 is 0 Å². The van der Waals surface area contributed by atoms with Crippen LogP contribution in [0.1, 0.15) is 57.2 Å². The van der Waals surface area contributed by atoms with Crippen molar-refractivity contribution in [3.63, 3.8) is 0 Å². The van der Waals surface area contributed by atoms with Crippen molar-refractivity contribution in [2.24, 2.45) is 5.92 Å². The number of anilines is 1. The average Bonchev–Trinajstić information content (AvgIpc) is 3.22. The fourth-order valence-electron chi connectivity index (χ4n) is 4.54. The van der Waals surface area contributed by atoms with Gasteiger partial charge in [-0.2, -0.15) is 0 Å². The van der Waals surface area contributed by atoms with E-state index in [9.17, 15) is 0 Å². The van der Waals surface area contributed by atoms with Crippen LogP contribution in [0.3, 0.4) is 0 Å². The van der Waals surface area contributed by atoms with Gasteiger partial charge in [0.15, 0.2) is 0 Å². The molecule has 3 heterocycles. The summed E-state index contributed by atoms with van der Waals surface area (Å²) in [5, 5.41) is 3.57. The highest BCUT2D eigenvalue weighted by Gasteiger charge is 2.39. The van der Waals surface area contributed by atoms with Gasteiger partial charge in [-0.05, 0) is 31.6 Å². The van der Waals surface area contributed by atoms with Gasteiger partial charge >= 0.3 is 0 Å². The van der Waals surface area contributed by atoms with E-state index in [1.165, 1.54) is 63.3 Å². The van der Waals surface area contributed by atoms with Crippen LogP contribution in [0, 0.1) is 5.92 Å². The van der Waals surface area contributed by atoms with Gasteiger partial charge in [-0.15, -0.1) is 0 Å². The molecule has 2 aliphatic heterocycles. The summed E-state index contributed by atoms with van der Waals surface area (Å²) < 4.78 is 2.54. The zero-order valence-corrected chi connectivity index (χ0v) is 13.2. The molecule has 4 heteroatoms. The molecule has 2 saturated heterocycles. The third-order valence-electron chi connectivity index (χ3n) is 5.80. The summed E-state index contributed by atoms with van der Waals surface area (Å²) in [6, 6.07) is 1.37. The quantitative estimate of drug-likeness (QED) is 0.928. The van der Waals surface area contributed by atoms with Gasteiger partial charge in [0.2, 0.25) is 5.95 Å². The van der Waals surface area contributed by atoms with Gasteiger partial charge in [0.1, 0.15) is 0 Å². The molecule has 116 valence electrons. The van der Waals surface area contributed by atoms with Crippen LogP contribution in [0.2, 0.25) is 0 Å². The second kappa shape index (κ2) is 5.64. The fourth-order valence-corrected chi connectivity index (χ4v) is 4.54. The summed E-state index contributed by atoms with van der Waals surface area (Å²) in [5.74, 6) is 2.11. The van der Waals surface area contributed by atoms with Crippen LogP contribution < -0.4 is 10.2 Å². The Morgan fingerprint density at radius 3 is 2.86 bits per heavy atom. The molecule has 1 saturated carbocycles. The lowest BCUT2D eigenvalue weighted by Gasteiger charge is -2.30. The van der Waals surface area contributed by atoms with Gasteiger partial charge in [0.05, 0.1) is 5.69 Å². The van der Waals surface area contributed by atoms with Crippen LogP contribution in [0.25, 0.3) is 0 Å². The maximum atomic E-state index is 5.01. The van der Waals surface area contributed by atoms with E-state index in [2.05, 4.69) is 27.9 Å². The summed E-state index contributed by atoms with van der Waals surface area (Å²) >= 11 is 0. The monoisotopic (exact) mass is 288 g/mol. The molecule has 4 rings (SSSR count). The highest BCUT2D eigenvalue weighted by atomic mass is 15.4. The van der Waals surface area contributed by atoms with E-state index in [4.69, 9.17) is 4.98 Å². The Kier molecular flexibility index (Phi) is 3.66. The molecule has 0 radical (unpaired) electrons. The summed E-state index contributed by atoms with van der Waals surface area (Å²) in [6.07, 6.45) is 11.6. The fraction of sp³-hybridized carbons (Fsp3) is 0.824. The maximum absolute atomic E-state index is 5.01. The molecular weight excluding hydrogens is 260 g/mol. The normalized spacial score (nSPS) is 30.0. The summed E-state index contributed by atoms with van der Waals surface area (Å²) in [7, 11) is 0. The molecule has 3 fully saturated rings. The molecule has 1 N–H and O–H groups in total. The zero-order valence-electron chi connectivity index (χ0n) is 13.2. The maximum Gasteiger partial charge on any atom is 0.206 e. The topological polar surface area (TPSA) is 33.1 Å². The number of imidazole rings is 1. The number of hydrogen-bond acceptors (Lipinski definition) is 3. The number of hydrogen-bond donors (Lipinski definition) is 1. The van der Waals surface area contributed by atoms with Crippen LogP contribution in [-0.4, -0.2) is 35.2 Å². The first-order chi connectivity index (χ1) is 10.4. The molecule has 0 aromatic carbocycles. The molecular formula is C17H28N4. The minimum Gasteiger partial charge on any atom is -0.338 e. The average molecular weight is 288 g/mol. The second-order valence-corrected chi connectivity index (χ2v) is 7.05. The van der Waals surface area contributed by atoms with E-state index in [0.717, 1.165) is 18.9 Å². The molecule has 1 aliphatic carbocycles. The van der Waals surface area contributed by atoms with Gasteiger partial charge in [-0.25, -0.2) is 4.98 Å². The number of rotatable bonds is 3. The molecule has 1 aromatic heterocycles. The zero-order chi connectivity index (χ0) is 14.2. The Labute approximate surface area is 127 Å². The standard InChI is InChI=1S/C17H28N4/c1-2-14-12-21(15-6-4-3-5-7-15)17(19-14)20-9-8-13-10-18-11-16(13)20/h12-13,15-16,18H,2-11H2,1H3/t13-,16+/m0/s1. The Morgan fingerprint density at radius 2 is 2.05 bits per heavy atom. The molecule has 0 bridgehead atoms. The van der Waals surface area contributed by atoms with Crippen molar-refractivity contribution in [1.82, 2.24) is 14.9 Å². The SMILES string of the molecule is CCc1cn(C2CCCCC2)c(N2CC[C@H]3CNC[C@H]32)n1. The lowest BCUT2D eigenvalue weighted by atomic mass is 9.95. The number of fused-ring (bicyclic) bond motifs is 1. The largest absolute Gasteiger partial charge is 0.338 e. The first-order valence-electron chi connectivity index (χ1n) is 8.92. The third-order valence-corrected chi connectivity index (χ3v) is 5.80. The first kappa shape index (κ1) is 13.6. The van der Waals surface area contributed by atoms with Crippen molar-refractivity contribution >= 4 is 5.95 Å². The molecule has 3 aliphatic rings. The van der Waals surface area contributed by atoms with Gasteiger partial charge in [0.25, 0.3) is 0 Å².